The van der Waals surface area contributed by atoms with E-state index in [1.54, 1.807) is 23.6 Å². The van der Waals surface area contributed by atoms with Crippen LogP contribution in [0.25, 0.3) is 0 Å². The van der Waals surface area contributed by atoms with E-state index in [2.05, 4.69) is 15.6 Å². The van der Waals surface area contributed by atoms with E-state index < -0.39 is 0 Å². The van der Waals surface area contributed by atoms with Crippen LogP contribution < -0.4 is 20.1 Å². The first-order chi connectivity index (χ1) is 14.4. The number of aryl methyl sites for hydroxylation is 2. The zero-order chi connectivity index (χ0) is 21.7. The summed E-state index contributed by atoms with van der Waals surface area (Å²) in [5.74, 6) is 0.530. The fourth-order valence-corrected chi connectivity index (χ4v) is 3.49. The number of aromatic nitrogens is 1. The molecule has 3 rings (SSSR count). The third-order valence-corrected chi connectivity index (χ3v) is 5.20. The highest BCUT2D eigenvalue weighted by Gasteiger charge is 2.14. The molecule has 1 heterocycles. The van der Waals surface area contributed by atoms with Crippen molar-refractivity contribution in [3.63, 3.8) is 0 Å². The molecule has 0 saturated heterocycles. The maximum absolute atomic E-state index is 12.6. The number of benzene rings is 2. The molecule has 0 aliphatic carbocycles. The Morgan fingerprint density at radius 3 is 2.37 bits per heavy atom. The van der Waals surface area contributed by atoms with E-state index in [0.29, 0.717) is 27.9 Å². The average molecular weight is 426 g/mol. The number of thiazole rings is 1. The van der Waals surface area contributed by atoms with Crippen LogP contribution in [-0.4, -0.2) is 31.0 Å². The summed E-state index contributed by atoms with van der Waals surface area (Å²) in [7, 11) is 3.04. The summed E-state index contributed by atoms with van der Waals surface area (Å²) >= 11 is 1.26. The topological polar surface area (TPSA) is 89.6 Å². The van der Waals surface area contributed by atoms with E-state index in [1.165, 1.54) is 25.6 Å². The van der Waals surface area contributed by atoms with Crippen LogP contribution in [0.4, 0.5) is 10.8 Å². The van der Waals surface area contributed by atoms with Gasteiger partial charge in [-0.05, 0) is 43.2 Å². The predicted octanol–water partition coefficient (Wildman–Crippen LogP) is 4.21. The molecule has 0 bridgehead atoms. The molecule has 2 aromatic carbocycles. The number of nitrogens with one attached hydrogen (secondary N) is 2. The van der Waals surface area contributed by atoms with Crippen molar-refractivity contribution in [1.29, 1.82) is 0 Å². The predicted molar refractivity (Wildman–Crippen MR) is 118 cm³/mol. The Hall–Kier alpha value is -3.39. The van der Waals surface area contributed by atoms with Gasteiger partial charge < -0.3 is 14.8 Å². The number of anilines is 2. The van der Waals surface area contributed by atoms with Gasteiger partial charge >= 0.3 is 0 Å². The van der Waals surface area contributed by atoms with Crippen LogP contribution in [0.1, 0.15) is 27.2 Å². The van der Waals surface area contributed by atoms with Crippen molar-refractivity contribution in [2.24, 2.45) is 0 Å². The van der Waals surface area contributed by atoms with Gasteiger partial charge in [-0.2, -0.15) is 0 Å². The van der Waals surface area contributed by atoms with Crippen LogP contribution in [0.15, 0.2) is 41.8 Å². The quantitative estimate of drug-likeness (QED) is 0.592. The first kappa shape index (κ1) is 21.3. The lowest BCUT2D eigenvalue weighted by Crippen LogP contribution is -2.16. The van der Waals surface area contributed by atoms with Crippen LogP contribution in [-0.2, 0) is 11.2 Å². The minimum atomic E-state index is -0.340. The maximum Gasteiger partial charge on any atom is 0.257 e. The molecule has 30 heavy (non-hydrogen) atoms. The Balaban J connectivity index is 1.64. The molecule has 0 unspecified atom stereocenters. The molecule has 7 nitrogen and oxygen atoms in total. The van der Waals surface area contributed by atoms with E-state index in [1.807, 2.05) is 32.0 Å². The minimum absolute atomic E-state index is 0.118. The Bertz CT molecular complexity index is 1060. The third-order valence-electron chi connectivity index (χ3n) is 4.39. The maximum atomic E-state index is 12.6. The van der Waals surface area contributed by atoms with Gasteiger partial charge in [0, 0.05) is 22.7 Å². The van der Waals surface area contributed by atoms with Crippen LogP contribution in [0.5, 0.6) is 11.5 Å². The monoisotopic (exact) mass is 425 g/mol. The van der Waals surface area contributed by atoms with E-state index in [-0.39, 0.29) is 18.2 Å². The number of carbonyl (C=O) groups is 2. The van der Waals surface area contributed by atoms with Crippen molar-refractivity contribution in [2.75, 3.05) is 24.9 Å². The summed E-state index contributed by atoms with van der Waals surface area (Å²) in [5, 5.41) is 7.83. The van der Waals surface area contributed by atoms with E-state index in [4.69, 9.17) is 9.47 Å². The van der Waals surface area contributed by atoms with Crippen LogP contribution in [0, 0.1) is 13.8 Å². The van der Waals surface area contributed by atoms with Gasteiger partial charge in [-0.3, -0.25) is 14.9 Å². The summed E-state index contributed by atoms with van der Waals surface area (Å²) < 4.78 is 10.4. The molecule has 156 valence electrons. The summed E-state index contributed by atoms with van der Waals surface area (Å²) in [6.45, 7) is 3.92. The Morgan fingerprint density at radius 2 is 1.70 bits per heavy atom. The zero-order valence-electron chi connectivity index (χ0n) is 17.2. The lowest BCUT2D eigenvalue weighted by Gasteiger charge is -2.09. The van der Waals surface area contributed by atoms with Crippen LogP contribution in [0.2, 0.25) is 0 Å². The van der Waals surface area contributed by atoms with Crippen molar-refractivity contribution in [3.05, 3.63) is 64.2 Å². The van der Waals surface area contributed by atoms with Gasteiger partial charge in [0.15, 0.2) is 5.13 Å². The second-order valence-electron chi connectivity index (χ2n) is 6.74. The van der Waals surface area contributed by atoms with Gasteiger partial charge in [0.1, 0.15) is 11.5 Å². The first-order valence-corrected chi connectivity index (χ1v) is 10.1. The smallest absolute Gasteiger partial charge is 0.257 e. The second-order valence-corrected chi connectivity index (χ2v) is 7.60. The van der Waals surface area contributed by atoms with Gasteiger partial charge in [0.2, 0.25) is 5.91 Å². The van der Waals surface area contributed by atoms with Gasteiger partial charge in [-0.15, -0.1) is 11.3 Å². The summed E-state index contributed by atoms with van der Waals surface area (Å²) in [4.78, 5) is 29.3. The SMILES string of the molecule is COc1cc(OC)cc(C(=O)Nc2nc(CC(=O)Nc3cc(C)ccc3C)cs2)c1. The number of nitrogens with zero attached hydrogens (tertiary/aromatic N) is 1. The summed E-state index contributed by atoms with van der Waals surface area (Å²) in [6.07, 6.45) is 0.118. The molecule has 0 saturated carbocycles. The molecular formula is C22H23N3O4S. The number of ether oxygens (including phenoxy) is 2. The van der Waals surface area contributed by atoms with Crippen molar-refractivity contribution in [2.45, 2.75) is 20.3 Å². The number of hydrogen-bond acceptors (Lipinski definition) is 6. The molecule has 0 aliphatic rings. The van der Waals surface area contributed by atoms with Crippen LogP contribution >= 0.6 is 11.3 Å². The second kappa shape index (κ2) is 9.41. The average Bonchev–Trinajstić information content (AvgIpc) is 3.16. The number of hydrogen-bond donors (Lipinski definition) is 2. The standard InChI is InChI=1S/C22H23N3O4S/c1-13-5-6-14(2)19(7-13)24-20(26)10-16-12-30-22(23-16)25-21(27)15-8-17(28-3)11-18(9-15)29-4/h5-9,11-12H,10H2,1-4H3,(H,24,26)(H,23,25,27). The van der Waals surface area contributed by atoms with Gasteiger partial charge in [-0.25, -0.2) is 4.98 Å². The first-order valence-electron chi connectivity index (χ1n) is 9.24. The number of methoxy groups -OCH3 is 2. The number of amides is 2. The molecule has 8 heteroatoms. The molecule has 2 amide bonds. The number of rotatable bonds is 7. The molecule has 3 aromatic rings. The van der Waals surface area contributed by atoms with Gasteiger partial charge in [0.05, 0.1) is 26.3 Å². The van der Waals surface area contributed by atoms with Crippen LogP contribution in [0.3, 0.4) is 0 Å². The highest BCUT2D eigenvalue weighted by molar-refractivity contribution is 7.14. The molecule has 1 aromatic heterocycles. The Morgan fingerprint density at radius 1 is 1.00 bits per heavy atom. The largest absolute Gasteiger partial charge is 0.497 e. The molecule has 0 aliphatic heterocycles. The minimum Gasteiger partial charge on any atom is -0.497 e. The third kappa shape index (κ3) is 5.36. The molecule has 2 N–H and O–H groups in total. The van der Waals surface area contributed by atoms with Crippen molar-refractivity contribution in [1.82, 2.24) is 4.98 Å². The fraction of sp³-hybridized carbons (Fsp3) is 0.227. The summed E-state index contributed by atoms with van der Waals surface area (Å²) in [5.41, 5.74) is 3.82. The van der Waals surface area contributed by atoms with E-state index in [0.717, 1.165) is 16.8 Å². The number of carbonyl (C=O) groups excluding carboxylic acids is 2. The molecule has 0 atom stereocenters. The van der Waals surface area contributed by atoms with E-state index >= 15 is 0 Å². The van der Waals surface area contributed by atoms with Crippen molar-refractivity contribution in [3.8, 4) is 11.5 Å². The van der Waals surface area contributed by atoms with Gasteiger partial charge in [-0.1, -0.05) is 12.1 Å². The highest BCUT2D eigenvalue weighted by Crippen LogP contribution is 2.24. The lowest BCUT2D eigenvalue weighted by atomic mass is 10.1. The Kier molecular flexibility index (Phi) is 6.68. The molecule has 0 fully saturated rings. The van der Waals surface area contributed by atoms with Gasteiger partial charge in [0.25, 0.3) is 5.91 Å². The summed E-state index contributed by atoms with van der Waals surface area (Å²) in [6, 6.07) is 10.8. The zero-order valence-corrected chi connectivity index (χ0v) is 18.1. The molecule has 0 radical (unpaired) electrons. The van der Waals surface area contributed by atoms with E-state index in [9.17, 15) is 9.59 Å². The molecule has 0 spiro atoms. The Labute approximate surface area is 179 Å². The fourth-order valence-electron chi connectivity index (χ4n) is 2.78. The lowest BCUT2D eigenvalue weighted by molar-refractivity contribution is -0.115. The molecular weight excluding hydrogens is 402 g/mol. The van der Waals surface area contributed by atoms with Crippen molar-refractivity contribution >= 4 is 34.0 Å². The van der Waals surface area contributed by atoms with Crippen molar-refractivity contribution < 1.29 is 19.1 Å². The highest BCUT2D eigenvalue weighted by atomic mass is 32.1. The normalized spacial score (nSPS) is 10.4.